The van der Waals surface area contributed by atoms with Gasteiger partial charge in [0.25, 0.3) is 0 Å². The molecule has 12 heavy (non-hydrogen) atoms. The van der Waals surface area contributed by atoms with Crippen LogP contribution in [-0.4, -0.2) is 30.1 Å². The van der Waals surface area contributed by atoms with Crippen LogP contribution in [0.4, 0.5) is 0 Å². The molecule has 2 nitrogen and oxygen atoms in total. The van der Waals surface area contributed by atoms with Gasteiger partial charge in [-0.1, -0.05) is 13.8 Å². The van der Waals surface area contributed by atoms with Crippen molar-refractivity contribution in [2.75, 3.05) is 7.05 Å². The van der Waals surface area contributed by atoms with Gasteiger partial charge in [0.2, 0.25) is 0 Å². The molecule has 0 bridgehead atoms. The summed E-state index contributed by atoms with van der Waals surface area (Å²) >= 11 is 0. The number of nitrogens with zero attached hydrogens (tertiary/aromatic N) is 1. The molecular formula is C10H22N2. The van der Waals surface area contributed by atoms with Crippen LogP contribution in [0.3, 0.4) is 0 Å². The molecule has 0 aromatic rings. The molecule has 1 fully saturated rings. The van der Waals surface area contributed by atoms with Crippen LogP contribution in [0.2, 0.25) is 0 Å². The van der Waals surface area contributed by atoms with Gasteiger partial charge in [0.05, 0.1) is 0 Å². The number of nitrogens with two attached hydrogens (primary N) is 1. The van der Waals surface area contributed by atoms with Gasteiger partial charge >= 0.3 is 0 Å². The van der Waals surface area contributed by atoms with Gasteiger partial charge in [-0.05, 0) is 32.7 Å². The zero-order valence-corrected chi connectivity index (χ0v) is 8.59. The Morgan fingerprint density at radius 1 is 1.17 bits per heavy atom. The molecule has 2 N–H and O–H groups in total. The first kappa shape index (κ1) is 10.0. The van der Waals surface area contributed by atoms with Crippen LogP contribution in [0.15, 0.2) is 0 Å². The van der Waals surface area contributed by atoms with E-state index in [0.717, 1.165) is 12.1 Å². The molecule has 0 saturated carbocycles. The summed E-state index contributed by atoms with van der Waals surface area (Å²) in [5.74, 6) is 0. The van der Waals surface area contributed by atoms with Crippen molar-refractivity contribution in [1.82, 2.24) is 4.90 Å². The monoisotopic (exact) mass is 170 g/mol. The maximum atomic E-state index is 6.00. The number of rotatable bonds is 2. The Morgan fingerprint density at radius 2 is 1.58 bits per heavy atom. The molecule has 0 aromatic heterocycles. The molecule has 0 spiro atoms. The lowest BCUT2D eigenvalue weighted by molar-refractivity contribution is 0.0963. The van der Waals surface area contributed by atoms with Crippen molar-refractivity contribution in [2.24, 2.45) is 5.73 Å². The molecule has 3 atom stereocenters. The summed E-state index contributed by atoms with van der Waals surface area (Å²) in [6.45, 7) is 4.51. The fourth-order valence-corrected chi connectivity index (χ4v) is 2.34. The van der Waals surface area contributed by atoms with Crippen LogP contribution in [-0.2, 0) is 0 Å². The molecule has 1 heterocycles. The van der Waals surface area contributed by atoms with Crippen LogP contribution in [0.25, 0.3) is 0 Å². The van der Waals surface area contributed by atoms with Crippen LogP contribution in [0, 0.1) is 0 Å². The Kier molecular flexibility index (Phi) is 3.53. The van der Waals surface area contributed by atoms with E-state index < -0.39 is 0 Å². The van der Waals surface area contributed by atoms with Crippen molar-refractivity contribution in [2.45, 2.75) is 57.7 Å². The molecule has 1 saturated heterocycles. The summed E-state index contributed by atoms with van der Waals surface area (Å²) in [6, 6.07) is 1.88. The predicted octanol–water partition coefficient (Wildman–Crippen LogP) is 1.60. The number of likely N-dealkylation sites (tertiary alicyclic amines) is 1. The van der Waals surface area contributed by atoms with E-state index in [4.69, 9.17) is 5.73 Å². The summed E-state index contributed by atoms with van der Waals surface area (Å²) in [6.07, 6.45) is 4.84. The predicted molar refractivity (Wildman–Crippen MR) is 53.1 cm³/mol. The lowest BCUT2D eigenvalue weighted by Crippen LogP contribution is -2.50. The molecule has 1 rings (SSSR count). The fourth-order valence-electron chi connectivity index (χ4n) is 2.34. The molecule has 0 amide bonds. The summed E-state index contributed by atoms with van der Waals surface area (Å²) in [5, 5.41) is 0. The van der Waals surface area contributed by atoms with Crippen LogP contribution >= 0.6 is 0 Å². The number of piperidine rings is 1. The van der Waals surface area contributed by atoms with Gasteiger partial charge in [0, 0.05) is 18.1 Å². The lowest BCUT2D eigenvalue weighted by Gasteiger charge is -2.41. The van der Waals surface area contributed by atoms with Crippen molar-refractivity contribution in [3.05, 3.63) is 0 Å². The van der Waals surface area contributed by atoms with Crippen LogP contribution in [0.1, 0.15) is 39.5 Å². The Balaban J connectivity index is 2.55. The van der Waals surface area contributed by atoms with E-state index in [1.54, 1.807) is 0 Å². The summed E-state index contributed by atoms with van der Waals surface area (Å²) < 4.78 is 0. The smallest absolute Gasteiger partial charge is 0.0107 e. The third kappa shape index (κ3) is 1.99. The van der Waals surface area contributed by atoms with E-state index in [1.807, 2.05) is 0 Å². The minimum absolute atomic E-state index is 0.441. The van der Waals surface area contributed by atoms with Gasteiger partial charge in [-0.15, -0.1) is 0 Å². The summed E-state index contributed by atoms with van der Waals surface area (Å²) in [7, 11) is 2.24. The Labute approximate surface area is 76.1 Å². The quantitative estimate of drug-likeness (QED) is 0.682. The third-order valence-corrected chi connectivity index (χ3v) is 3.24. The second kappa shape index (κ2) is 4.24. The highest BCUT2D eigenvalue weighted by molar-refractivity contribution is 4.87. The van der Waals surface area contributed by atoms with Gasteiger partial charge in [-0.25, -0.2) is 0 Å². The van der Waals surface area contributed by atoms with Gasteiger partial charge in [0.1, 0.15) is 0 Å². The normalized spacial score (nSPS) is 38.5. The highest BCUT2D eigenvalue weighted by Gasteiger charge is 2.29. The molecule has 72 valence electrons. The third-order valence-electron chi connectivity index (χ3n) is 3.24. The van der Waals surface area contributed by atoms with E-state index in [2.05, 4.69) is 25.8 Å². The SMILES string of the molecule is CC[C@@H]1C[C@@H](N)C[C@H](CC)N1C. The zero-order chi connectivity index (χ0) is 9.14. The molecular weight excluding hydrogens is 148 g/mol. The Bertz CT molecular complexity index is 122. The van der Waals surface area contributed by atoms with E-state index in [1.165, 1.54) is 25.7 Å². The average Bonchev–Trinajstić information content (AvgIpc) is 2.08. The first-order valence-corrected chi connectivity index (χ1v) is 5.16. The second-order valence-electron chi connectivity index (χ2n) is 4.02. The minimum atomic E-state index is 0.441. The molecule has 0 aliphatic carbocycles. The summed E-state index contributed by atoms with van der Waals surface area (Å²) in [4.78, 5) is 2.52. The molecule has 1 aliphatic heterocycles. The van der Waals surface area contributed by atoms with Crippen LogP contribution in [0.5, 0.6) is 0 Å². The fraction of sp³-hybridized carbons (Fsp3) is 1.00. The minimum Gasteiger partial charge on any atom is -0.328 e. The van der Waals surface area contributed by atoms with Gasteiger partial charge in [-0.3, -0.25) is 0 Å². The topological polar surface area (TPSA) is 29.3 Å². The molecule has 0 aromatic carbocycles. The molecule has 2 heteroatoms. The number of hydrogen-bond donors (Lipinski definition) is 1. The zero-order valence-electron chi connectivity index (χ0n) is 8.59. The van der Waals surface area contributed by atoms with Gasteiger partial charge < -0.3 is 10.6 Å². The van der Waals surface area contributed by atoms with E-state index >= 15 is 0 Å². The van der Waals surface area contributed by atoms with Crippen LogP contribution < -0.4 is 5.73 Å². The van der Waals surface area contributed by atoms with Crippen molar-refractivity contribution in [1.29, 1.82) is 0 Å². The first-order valence-electron chi connectivity index (χ1n) is 5.16. The van der Waals surface area contributed by atoms with Crippen molar-refractivity contribution in [3.8, 4) is 0 Å². The summed E-state index contributed by atoms with van der Waals surface area (Å²) in [5.41, 5.74) is 6.00. The molecule has 1 aliphatic rings. The molecule has 0 unspecified atom stereocenters. The average molecular weight is 170 g/mol. The largest absolute Gasteiger partial charge is 0.328 e. The van der Waals surface area contributed by atoms with E-state index in [0.29, 0.717) is 6.04 Å². The van der Waals surface area contributed by atoms with Crippen molar-refractivity contribution < 1.29 is 0 Å². The maximum absolute atomic E-state index is 6.00. The Hall–Kier alpha value is -0.0800. The van der Waals surface area contributed by atoms with Crippen molar-refractivity contribution in [3.63, 3.8) is 0 Å². The first-order chi connectivity index (χ1) is 5.69. The van der Waals surface area contributed by atoms with Gasteiger partial charge in [0.15, 0.2) is 0 Å². The highest BCUT2D eigenvalue weighted by atomic mass is 15.2. The van der Waals surface area contributed by atoms with E-state index in [-0.39, 0.29) is 0 Å². The lowest BCUT2D eigenvalue weighted by atomic mass is 9.90. The second-order valence-corrected chi connectivity index (χ2v) is 4.02. The molecule has 0 radical (unpaired) electrons. The Morgan fingerprint density at radius 3 is 1.92 bits per heavy atom. The standard InChI is InChI=1S/C10H22N2/c1-4-9-6-8(11)7-10(5-2)12(9)3/h8-10H,4-7,11H2,1-3H3/t8-,9-,10+. The van der Waals surface area contributed by atoms with Crippen molar-refractivity contribution >= 4 is 0 Å². The van der Waals surface area contributed by atoms with E-state index in [9.17, 15) is 0 Å². The highest BCUT2D eigenvalue weighted by Crippen LogP contribution is 2.24. The maximum Gasteiger partial charge on any atom is 0.0107 e. The number of hydrogen-bond acceptors (Lipinski definition) is 2. The van der Waals surface area contributed by atoms with Gasteiger partial charge in [-0.2, -0.15) is 0 Å².